The molecule has 1 aromatic carbocycles. The largest absolute Gasteiger partial charge is 0.364 e. The molecule has 10 heteroatoms. The smallest absolute Gasteiger partial charge is 0.320 e. The number of benzene rings is 1. The molecule has 3 amide bonds. The Labute approximate surface area is 147 Å². The number of urea groups is 1. The van der Waals surface area contributed by atoms with Gasteiger partial charge in [-0.05, 0) is 24.3 Å². The molecule has 3 rings (SSSR count). The predicted molar refractivity (Wildman–Crippen MR) is 92.6 cm³/mol. The van der Waals surface area contributed by atoms with Gasteiger partial charge in [0, 0.05) is 18.3 Å². The molecule has 0 aliphatic heterocycles. The highest BCUT2D eigenvalue weighted by Gasteiger charge is 2.12. The van der Waals surface area contributed by atoms with Crippen molar-refractivity contribution in [2.24, 2.45) is 0 Å². The second-order valence-corrected chi connectivity index (χ2v) is 5.30. The minimum Gasteiger partial charge on any atom is -0.364 e. The van der Waals surface area contributed by atoms with E-state index in [0.717, 1.165) is 0 Å². The van der Waals surface area contributed by atoms with Gasteiger partial charge in [0.2, 0.25) is 0 Å². The molecule has 0 saturated heterocycles. The van der Waals surface area contributed by atoms with Crippen LogP contribution in [0, 0.1) is 0 Å². The molecule has 2 aromatic heterocycles. The number of aliphatic hydroxyl groups excluding tert-OH is 1. The minimum atomic E-state index is -1.57. The van der Waals surface area contributed by atoms with E-state index in [9.17, 15) is 9.59 Å². The van der Waals surface area contributed by atoms with E-state index in [2.05, 4.69) is 26.0 Å². The molecule has 0 spiro atoms. The standard InChI is InChI=1S/C16H16N6O4/c1-17-16(26)20-12-8-22-13(19-12)7-6-11(21-22)14(23)18-10-4-2-9(3-5-10)15(24)25/h2-8,15,24-25H,1H3,(H,18,23)(H2,17,20,26). The van der Waals surface area contributed by atoms with Crippen molar-refractivity contribution < 1.29 is 19.8 Å². The minimum absolute atomic E-state index is 0.146. The van der Waals surface area contributed by atoms with Crippen LogP contribution in [-0.4, -0.2) is 43.8 Å². The number of anilines is 2. The summed E-state index contributed by atoms with van der Waals surface area (Å²) < 4.78 is 1.38. The summed E-state index contributed by atoms with van der Waals surface area (Å²) >= 11 is 0. The lowest BCUT2D eigenvalue weighted by Crippen LogP contribution is -2.24. The lowest BCUT2D eigenvalue weighted by Gasteiger charge is -2.07. The highest BCUT2D eigenvalue weighted by Crippen LogP contribution is 2.15. The number of rotatable bonds is 4. The van der Waals surface area contributed by atoms with Crippen LogP contribution in [0.3, 0.4) is 0 Å². The predicted octanol–water partition coefficient (Wildman–Crippen LogP) is 0.716. The maximum atomic E-state index is 12.3. The summed E-state index contributed by atoms with van der Waals surface area (Å²) in [5.41, 5.74) is 1.41. The van der Waals surface area contributed by atoms with Crippen molar-refractivity contribution in [1.29, 1.82) is 0 Å². The summed E-state index contributed by atoms with van der Waals surface area (Å²) in [5, 5.41) is 29.9. The first-order chi connectivity index (χ1) is 12.5. The highest BCUT2D eigenvalue weighted by atomic mass is 16.5. The Morgan fingerprint density at radius 1 is 1.08 bits per heavy atom. The number of nitrogens with one attached hydrogen (secondary N) is 3. The van der Waals surface area contributed by atoms with E-state index in [1.807, 2.05) is 0 Å². The summed E-state index contributed by atoms with van der Waals surface area (Å²) in [4.78, 5) is 27.8. The molecule has 5 N–H and O–H groups in total. The number of amides is 3. The van der Waals surface area contributed by atoms with Gasteiger partial charge in [-0.3, -0.25) is 10.1 Å². The molecule has 26 heavy (non-hydrogen) atoms. The van der Waals surface area contributed by atoms with Gasteiger partial charge in [0.25, 0.3) is 5.91 Å². The molecular weight excluding hydrogens is 340 g/mol. The van der Waals surface area contributed by atoms with Gasteiger partial charge in [-0.1, -0.05) is 12.1 Å². The van der Waals surface area contributed by atoms with Crippen LogP contribution < -0.4 is 16.0 Å². The SMILES string of the molecule is CNC(=O)Nc1cn2nc(C(=O)Nc3ccc(C(O)O)cc3)ccc2n1. The Bertz CT molecular complexity index is 951. The molecule has 0 fully saturated rings. The fourth-order valence-corrected chi connectivity index (χ4v) is 2.18. The number of nitrogens with zero attached hydrogens (tertiary/aromatic N) is 3. The first-order valence-corrected chi connectivity index (χ1v) is 7.59. The zero-order valence-electron chi connectivity index (χ0n) is 13.7. The lowest BCUT2D eigenvalue weighted by atomic mass is 10.2. The van der Waals surface area contributed by atoms with E-state index in [1.165, 1.54) is 36.0 Å². The number of fused-ring (bicyclic) bond motifs is 1. The van der Waals surface area contributed by atoms with Crippen LogP contribution in [0.1, 0.15) is 22.3 Å². The number of hydrogen-bond acceptors (Lipinski definition) is 6. The summed E-state index contributed by atoms with van der Waals surface area (Å²) in [6, 6.07) is 8.77. The van der Waals surface area contributed by atoms with E-state index < -0.39 is 18.2 Å². The second-order valence-electron chi connectivity index (χ2n) is 5.30. The normalized spacial score (nSPS) is 10.8. The molecular formula is C16H16N6O4. The van der Waals surface area contributed by atoms with Crippen molar-refractivity contribution in [1.82, 2.24) is 19.9 Å². The summed E-state index contributed by atoms with van der Waals surface area (Å²) in [5.74, 6) is -0.147. The fraction of sp³-hybridized carbons (Fsp3) is 0.125. The van der Waals surface area contributed by atoms with Gasteiger partial charge in [0.1, 0.15) is 5.69 Å². The molecule has 0 atom stereocenters. The molecule has 0 unspecified atom stereocenters. The van der Waals surface area contributed by atoms with Crippen molar-refractivity contribution in [2.75, 3.05) is 17.7 Å². The van der Waals surface area contributed by atoms with Gasteiger partial charge in [-0.25, -0.2) is 14.3 Å². The Morgan fingerprint density at radius 3 is 2.46 bits per heavy atom. The van der Waals surface area contributed by atoms with E-state index >= 15 is 0 Å². The van der Waals surface area contributed by atoms with E-state index in [-0.39, 0.29) is 5.69 Å². The number of carbonyl (C=O) groups is 2. The maximum absolute atomic E-state index is 12.3. The fourth-order valence-electron chi connectivity index (χ4n) is 2.18. The molecule has 2 heterocycles. The van der Waals surface area contributed by atoms with Crippen molar-refractivity contribution in [3.63, 3.8) is 0 Å². The molecule has 3 aromatic rings. The number of hydrogen-bond donors (Lipinski definition) is 5. The van der Waals surface area contributed by atoms with Gasteiger partial charge in [-0.15, -0.1) is 0 Å². The van der Waals surface area contributed by atoms with Crippen LogP contribution in [-0.2, 0) is 0 Å². The quantitative estimate of drug-likeness (QED) is 0.436. The van der Waals surface area contributed by atoms with Crippen LogP contribution in [0.5, 0.6) is 0 Å². The Morgan fingerprint density at radius 2 is 1.81 bits per heavy atom. The third-order valence-corrected chi connectivity index (χ3v) is 3.49. The lowest BCUT2D eigenvalue weighted by molar-refractivity contribution is -0.0424. The Balaban J connectivity index is 1.76. The van der Waals surface area contributed by atoms with Crippen LogP contribution >= 0.6 is 0 Å². The zero-order valence-corrected chi connectivity index (χ0v) is 13.7. The number of aromatic nitrogens is 3. The van der Waals surface area contributed by atoms with Crippen molar-refractivity contribution in [3.05, 3.63) is 53.9 Å². The molecule has 0 aliphatic rings. The van der Waals surface area contributed by atoms with Crippen LogP contribution in [0.2, 0.25) is 0 Å². The van der Waals surface area contributed by atoms with Gasteiger partial charge in [0.05, 0.1) is 6.20 Å². The second kappa shape index (κ2) is 7.17. The summed E-state index contributed by atoms with van der Waals surface area (Å²) in [7, 11) is 1.49. The summed E-state index contributed by atoms with van der Waals surface area (Å²) in [6.07, 6.45) is -0.0821. The van der Waals surface area contributed by atoms with Gasteiger partial charge < -0.3 is 20.8 Å². The highest BCUT2D eigenvalue weighted by molar-refractivity contribution is 6.02. The maximum Gasteiger partial charge on any atom is 0.320 e. The molecule has 0 radical (unpaired) electrons. The van der Waals surface area contributed by atoms with E-state index in [4.69, 9.17) is 10.2 Å². The third kappa shape index (κ3) is 3.77. The zero-order chi connectivity index (χ0) is 18.7. The topological polar surface area (TPSA) is 141 Å². The first kappa shape index (κ1) is 17.3. The van der Waals surface area contributed by atoms with E-state index in [1.54, 1.807) is 18.2 Å². The number of carbonyl (C=O) groups excluding carboxylic acids is 2. The number of imidazole rings is 1. The molecule has 134 valence electrons. The Kier molecular flexibility index (Phi) is 4.78. The van der Waals surface area contributed by atoms with Gasteiger partial charge in [0.15, 0.2) is 17.8 Å². The van der Waals surface area contributed by atoms with Crippen molar-refractivity contribution in [2.45, 2.75) is 6.29 Å². The average Bonchev–Trinajstić information content (AvgIpc) is 3.03. The van der Waals surface area contributed by atoms with Gasteiger partial charge in [-0.2, -0.15) is 5.10 Å². The van der Waals surface area contributed by atoms with Crippen LogP contribution in [0.15, 0.2) is 42.6 Å². The third-order valence-electron chi connectivity index (χ3n) is 3.49. The van der Waals surface area contributed by atoms with Crippen LogP contribution in [0.25, 0.3) is 5.65 Å². The first-order valence-electron chi connectivity index (χ1n) is 7.59. The molecule has 0 bridgehead atoms. The average molecular weight is 356 g/mol. The monoisotopic (exact) mass is 356 g/mol. The summed E-state index contributed by atoms with van der Waals surface area (Å²) in [6.45, 7) is 0. The Hall–Kier alpha value is -3.50. The molecule has 10 nitrogen and oxygen atoms in total. The number of aliphatic hydroxyl groups is 2. The van der Waals surface area contributed by atoms with Crippen LogP contribution in [0.4, 0.5) is 16.3 Å². The molecule has 0 aliphatic carbocycles. The van der Waals surface area contributed by atoms with Gasteiger partial charge >= 0.3 is 6.03 Å². The van der Waals surface area contributed by atoms with E-state index in [0.29, 0.717) is 22.7 Å². The van der Waals surface area contributed by atoms with Crippen molar-refractivity contribution in [3.8, 4) is 0 Å². The van der Waals surface area contributed by atoms with Crippen molar-refractivity contribution >= 4 is 29.1 Å². The molecule has 0 saturated carbocycles.